The minimum absolute atomic E-state index is 0.125. The van der Waals surface area contributed by atoms with E-state index in [1.165, 1.54) is 0 Å². The predicted octanol–water partition coefficient (Wildman–Crippen LogP) is 4.08. The van der Waals surface area contributed by atoms with Crippen molar-refractivity contribution in [2.45, 2.75) is 19.4 Å². The fourth-order valence-corrected chi connectivity index (χ4v) is 2.66. The third-order valence-electron chi connectivity index (χ3n) is 3.94. The highest BCUT2D eigenvalue weighted by Gasteiger charge is 2.15. The Hall–Kier alpha value is -2.94. The molecule has 0 heterocycles. The van der Waals surface area contributed by atoms with Gasteiger partial charge in [0.15, 0.2) is 0 Å². The standard InChI is InChI=1S/C21H18O3/c22-20(21(23)24-15-16-7-2-1-3-8-16)14-13-18-11-6-10-17-9-4-5-12-19(17)18/h1-12H,13-15H2. The second-order valence-electron chi connectivity index (χ2n) is 5.62. The maximum atomic E-state index is 12.0. The summed E-state index contributed by atoms with van der Waals surface area (Å²) in [5.41, 5.74) is 1.94. The minimum atomic E-state index is -0.765. The Kier molecular flexibility index (Phi) is 5.02. The van der Waals surface area contributed by atoms with E-state index in [1.807, 2.05) is 72.8 Å². The molecule has 0 aliphatic rings. The number of hydrogen-bond acceptors (Lipinski definition) is 3. The van der Waals surface area contributed by atoms with Crippen LogP contribution in [0.15, 0.2) is 72.8 Å². The van der Waals surface area contributed by atoms with Crippen LogP contribution in [-0.4, -0.2) is 11.8 Å². The van der Waals surface area contributed by atoms with Crippen LogP contribution in [0.2, 0.25) is 0 Å². The molecule has 3 aromatic carbocycles. The van der Waals surface area contributed by atoms with E-state index in [-0.39, 0.29) is 13.0 Å². The molecule has 24 heavy (non-hydrogen) atoms. The Balaban J connectivity index is 1.57. The number of carbonyl (C=O) groups is 2. The van der Waals surface area contributed by atoms with E-state index in [4.69, 9.17) is 4.74 Å². The monoisotopic (exact) mass is 318 g/mol. The SMILES string of the molecule is O=C(CCc1cccc2ccccc12)C(=O)OCc1ccccc1. The van der Waals surface area contributed by atoms with E-state index in [1.54, 1.807) is 0 Å². The topological polar surface area (TPSA) is 43.4 Å². The molecule has 0 aromatic heterocycles. The van der Waals surface area contributed by atoms with Crippen LogP contribution in [0.4, 0.5) is 0 Å². The zero-order valence-corrected chi connectivity index (χ0v) is 13.3. The smallest absolute Gasteiger partial charge is 0.374 e. The Morgan fingerprint density at radius 3 is 2.33 bits per heavy atom. The van der Waals surface area contributed by atoms with E-state index in [0.29, 0.717) is 6.42 Å². The van der Waals surface area contributed by atoms with Gasteiger partial charge in [0, 0.05) is 6.42 Å². The number of carbonyl (C=O) groups excluding carboxylic acids is 2. The average molecular weight is 318 g/mol. The van der Waals surface area contributed by atoms with E-state index < -0.39 is 11.8 Å². The number of fused-ring (bicyclic) bond motifs is 1. The van der Waals surface area contributed by atoms with Crippen molar-refractivity contribution in [3.8, 4) is 0 Å². The molecule has 0 saturated carbocycles. The van der Waals surface area contributed by atoms with Crippen molar-refractivity contribution in [2.75, 3.05) is 0 Å². The van der Waals surface area contributed by atoms with Gasteiger partial charge in [-0.15, -0.1) is 0 Å². The summed E-state index contributed by atoms with van der Waals surface area (Å²) in [6.07, 6.45) is 0.683. The van der Waals surface area contributed by atoms with Crippen LogP contribution in [0.5, 0.6) is 0 Å². The van der Waals surface area contributed by atoms with Gasteiger partial charge in [-0.05, 0) is 28.3 Å². The van der Waals surface area contributed by atoms with Crippen LogP contribution in [-0.2, 0) is 27.4 Å². The number of esters is 1. The van der Waals surface area contributed by atoms with Crippen molar-refractivity contribution >= 4 is 22.5 Å². The molecule has 0 bridgehead atoms. The van der Waals surface area contributed by atoms with E-state index in [9.17, 15) is 9.59 Å². The van der Waals surface area contributed by atoms with Crippen molar-refractivity contribution in [3.63, 3.8) is 0 Å². The summed E-state index contributed by atoms with van der Waals surface area (Å²) >= 11 is 0. The first-order chi connectivity index (χ1) is 11.7. The average Bonchev–Trinajstić information content (AvgIpc) is 2.65. The number of ether oxygens (including phenoxy) is 1. The summed E-state index contributed by atoms with van der Waals surface area (Å²) in [5, 5.41) is 2.25. The first-order valence-electron chi connectivity index (χ1n) is 7.94. The highest BCUT2D eigenvalue weighted by atomic mass is 16.5. The van der Waals surface area contributed by atoms with E-state index in [2.05, 4.69) is 0 Å². The Labute approximate surface area is 140 Å². The van der Waals surface area contributed by atoms with Gasteiger partial charge >= 0.3 is 5.97 Å². The van der Waals surface area contributed by atoms with Crippen molar-refractivity contribution in [2.24, 2.45) is 0 Å². The van der Waals surface area contributed by atoms with Gasteiger partial charge in [0.05, 0.1) is 0 Å². The van der Waals surface area contributed by atoms with Crippen LogP contribution >= 0.6 is 0 Å². The van der Waals surface area contributed by atoms with Gasteiger partial charge in [-0.1, -0.05) is 72.8 Å². The van der Waals surface area contributed by atoms with Crippen molar-refractivity contribution in [1.29, 1.82) is 0 Å². The number of aryl methyl sites for hydroxylation is 1. The van der Waals surface area contributed by atoms with Crippen LogP contribution in [0.1, 0.15) is 17.5 Å². The molecule has 120 valence electrons. The number of Topliss-reactive ketones (excluding diaryl/α,β-unsaturated/α-hetero) is 1. The van der Waals surface area contributed by atoms with Gasteiger partial charge in [0.1, 0.15) is 6.61 Å². The number of hydrogen-bond donors (Lipinski definition) is 0. The van der Waals surface area contributed by atoms with Crippen LogP contribution in [0.25, 0.3) is 10.8 Å². The van der Waals surface area contributed by atoms with Crippen molar-refractivity contribution in [3.05, 3.63) is 83.9 Å². The molecule has 0 unspecified atom stereocenters. The molecule has 0 aliphatic heterocycles. The van der Waals surface area contributed by atoms with Crippen LogP contribution in [0.3, 0.4) is 0 Å². The molecule has 3 nitrogen and oxygen atoms in total. The number of ketones is 1. The largest absolute Gasteiger partial charge is 0.455 e. The van der Waals surface area contributed by atoms with Crippen molar-refractivity contribution in [1.82, 2.24) is 0 Å². The molecule has 0 saturated heterocycles. The maximum absolute atomic E-state index is 12.0. The van der Waals surface area contributed by atoms with Gasteiger partial charge in [-0.2, -0.15) is 0 Å². The molecule has 0 spiro atoms. The zero-order chi connectivity index (χ0) is 16.8. The summed E-state index contributed by atoms with van der Waals surface area (Å²) in [4.78, 5) is 23.8. The maximum Gasteiger partial charge on any atom is 0.374 e. The lowest BCUT2D eigenvalue weighted by molar-refractivity contribution is -0.154. The molecule has 0 radical (unpaired) electrons. The summed E-state index contributed by atoms with van der Waals surface area (Å²) in [7, 11) is 0. The summed E-state index contributed by atoms with van der Waals surface area (Å²) in [5.74, 6) is -1.25. The lowest BCUT2D eigenvalue weighted by atomic mass is 10.00. The third kappa shape index (κ3) is 3.87. The Morgan fingerprint density at radius 2 is 1.50 bits per heavy atom. The fraction of sp³-hybridized carbons (Fsp3) is 0.143. The second kappa shape index (κ2) is 7.55. The second-order valence-corrected chi connectivity index (χ2v) is 5.62. The van der Waals surface area contributed by atoms with Gasteiger partial charge in [0.2, 0.25) is 5.78 Å². The molecular formula is C21H18O3. The Morgan fingerprint density at radius 1 is 0.792 bits per heavy atom. The highest BCUT2D eigenvalue weighted by molar-refractivity contribution is 6.33. The van der Waals surface area contributed by atoms with Gasteiger partial charge < -0.3 is 4.74 Å². The summed E-state index contributed by atoms with van der Waals surface area (Å²) in [6.45, 7) is 0.125. The molecule has 0 atom stereocenters. The molecule has 0 amide bonds. The Bertz CT molecular complexity index is 848. The quantitative estimate of drug-likeness (QED) is 0.508. The predicted molar refractivity (Wildman–Crippen MR) is 93.5 cm³/mol. The van der Waals surface area contributed by atoms with E-state index >= 15 is 0 Å². The lowest BCUT2D eigenvalue weighted by Gasteiger charge is -2.07. The minimum Gasteiger partial charge on any atom is -0.455 e. The van der Waals surface area contributed by atoms with Gasteiger partial charge in [-0.25, -0.2) is 4.79 Å². The van der Waals surface area contributed by atoms with Crippen molar-refractivity contribution < 1.29 is 14.3 Å². The van der Waals surface area contributed by atoms with Crippen LogP contribution < -0.4 is 0 Å². The summed E-state index contributed by atoms with van der Waals surface area (Å²) < 4.78 is 5.08. The molecular weight excluding hydrogens is 300 g/mol. The van der Waals surface area contributed by atoms with Gasteiger partial charge in [0.25, 0.3) is 0 Å². The first-order valence-corrected chi connectivity index (χ1v) is 7.94. The zero-order valence-electron chi connectivity index (χ0n) is 13.3. The normalized spacial score (nSPS) is 10.5. The third-order valence-corrected chi connectivity index (χ3v) is 3.94. The molecule has 0 N–H and O–H groups in total. The number of rotatable bonds is 6. The first kappa shape index (κ1) is 15.9. The lowest BCUT2D eigenvalue weighted by Crippen LogP contribution is -2.17. The van der Waals surface area contributed by atoms with E-state index in [0.717, 1.165) is 21.9 Å². The molecule has 0 fully saturated rings. The van der Waals surface area contributed by atoms with Gasteiger partial charge in [-0.3, -0.25) is 4.79 Å². The number of benzene rings is 3. The molecule has 0 aliphatic carbocycles. The molecule has 3 rings (SSSR count). The van der Waals surface area contributed by atoms with Crippen LogP contribution in [0, 0.1) is 0 Å². The fourth-order valence-electron chi connectivity index (χ4n) is 2.66. The summed E-state index contributed by atoms with van der Waals surface area (Å²) in [6, 6.07) is 23.4. The molecule has 3 heteroatoms. The highest BCUT2D eigenvalue weighted by Crippen LogP contribution is 2.19. The molecule has 3 aromatic rings.